The molecule has 218 valence electrons. The SMILES string of the molecule is NCCCCC(N)C(=O)NC(Cc1ccc(O)cc1)C(=O)NC(CS)C(=O)NC(Cc1ccc(O)cc1)C(=O)O. The van der Waals surface area contributed by atoms with E-state index in [2.05, 4.69) is 28.6 Å². The fourth-order valence-corrected chi connectivity index (χ4v) is 4.06. The fraction of sp³-hybridized carbons (Fsp3) is 0.407. The summed E-state index contributed by atoms with van der Waals surface area (Å²) in [6.45, 7) is 0.463. The molecular formula is C27H37N5O7S. The van der Waals surface area contributed by atoms with Crippen molar-refractivity contribution in [2.45, 2.75) is 56.3 Å². The Morgan fingerprint density at radius 3 is 1.65 bits per heavy atom. The van der Waals surface area contributed by atoms with Gasteiger partial charge in [-0.3, -0.25) is 14.4 Å². The van der Waals surface area contributed by atoms with Gasteiger partial charge in [-0.15, -0.1) is 0 Å². The van der Waals surface area contributed by atoms with E-state index in [9.17, 15) is 34.5 Å². The molecule has 0 saturated carbocycles. The summed E-state index contributed by atoms with van der Waals surface area (Å²) in [5.41, 5.74) is 12.7. The molecule has 4 unspecified atom stereocenters. The second-order valence-corrected chi connectivity index (χ2v) is 9.70. The lowest BCUT2D eigenvalue weighted by Crippen LogP contribution is -2.58. The Hall–Kier alpha value is -3.81. The first-order chi connectivity index (χ1) is 19.0. The molecule has 4 atom stereocenters. The molecule has 0 aliphatic carbocycles. The van der Waals surface area contributed by atoms with Gasteiger partial charge in [-0.25, -0.2) is 4.79 Å². The number of nitrogens with one attached hydrogen (secondary N) is 3. The van der Waals surface area contributed by atoms with Gasteiger partial charge in [0.15, 0.2) is 0 Å². The molecule has 3 amide bonds. The Labute approximate surface area is 237 Å². The van der Waals surface area contributed by atoms with E-state index in [0.717, 1.165) is 0 Å². The lowest BCUT2D eigenvalue weighted by molar-refractivity contribution is -0.142. The van der Waals surface area contributed by atoms with E-state index in [1.165, 1.54) is 36.4 Å². The second-order valence-electron chi connectivity index (χ2n) is 9.34. The van der Waals surface area contributed by atoms with Crippen molar-refractivity contribution in [3.05, 3.63) is 59.7 Å². The van der Waals surface area contributed by atoms with Crippen molar-refractivity contribution < 1.29 is 34.5 Å². The fourth-order valence-electron chi connectivity index (χ4n) is 3.80. The second kappa shape index (κ2) is 16.3. The summed E-state index contributed by atoms with van der Waals surface area (Å²) in [6, 6.07) is 7.41. The zero-order chi connectivity index (χ0) is 29.7. The van der Waals surface area contributed by atoms with E-state index >= 15 is 0 Å². The van der Waals surface area contributed by atoms with Gasteiger partial charge in [0.1, 0.15) is 29.6 Å². The van der Waals surface area contributed by atoms with Gasteiger partial charge in [-0.05, 0) is 54.8 Å². The molecule has 0 heterocycles. The smallest absolute Gasteiger partial charge is 0.326 e. The summed E-state index contributed by atoms with van der Waals surface area (Å²) < 4.78 is 0. The van der Waals surface area contributed by atoms with Crippen molar-refractivity contribution in [3.8, 4) is 11.5 Å². The molecule has 0 spiro atoms. The summed E-state index contributed by atoms with van der Waals surface area (Å²) >= 11 is 4.15. The number of carbonyl (C=O) groups excluding carboxylic acids is 3. The highest BCUT2D eigenvalue weighted by molar-refractivity contribution is 7.80. The number of carboxylic acids is 1. The third-order valence-corrected chi connectivity index (χ3v) is 6.49. The summed E-state index contributed by atoms with van der Waals surface area (Å²) in [6.07, 6.45) is 1.68. The number of hydrogen-bond donors (Lipinski definition) is 9. The average molecular weight is 576 g/mol. The monoisotopic (exact) mass is 575 g/mol. The normalized spacial score (nSPS) is 13.9. The Morgan fingerprint density at radius 1 is 0.725 bits per heavy atom. The summed E-state index contributed by atoms with van der Waals surface area (Å²) in [4.78, 5) is 50.7. The average Bonchev–Trinajstić information content (AvgIpc) is 2.92. The zero-order valence-electron chi connectivity index (χ0n) is 22.0. The number of amides is 3. The summed E-state index contributed by atoms with van der Waals surface area (Å²) in [7, 11) is 0. The largest absolute Gasteiger partial charge is 0.508 e. The zero-order valence-corrected chi connectivity index (χ0v) is 22.8. The van der Waals surface area contributed by atoms with Crippen LogP contribution in [0.1, 0.15) is 30.4 Å². The maximum atomic E-state index is 13.3. The van der Waals surface area contributed by atoms with E-state index in [4.69, 9.17) is 11.5 Å². The van der Waals surface area contributed by atoms with Crippen LogP contribution in [0.25, 0.3) is 0 Å². The predicted molar refractivity (Wildman–Crippen MR) is 152 cm³/mol. The Bertz CT molecular complexity index is 1130. The van der Waals surface area contributed by atoms with Gasteiger partial charge in [-0.2, -0.15) is 12.6 Å². The van der Waals surface area contributed by atoms with Crippen molar-refractivity contribution in [2.24, 2.45) is 11.5 Å². The molecule has 0 radical (unpaired) electrons. The Balaban J connectivity index is 2.13. The molecule has 0 saturated heterocycles. The number of hydrogen-bond acceptors (Lipinski definition) is 9. The maximum absolute atomic E-state index is 13.3. The van der Waals surface area contributed by atoms with E-state index in [1.54, 1.807) is 12.1 Å². The number of aliphatic carboxylic acids is 1. The third-order valence-electron chi connectivity index (χ3n) is 6.12. The van der Waals surface area contributed by atoms with Crippen LogP contribution in [-0.2, 0) is 32.0 Å². The molecule has 0 aliphatic rings. The molecule has 2 aromatic rings. The minimum absolute atomic E-state index is 0.0166. The molecule has 0 aliphatic heterocycles. The molecule has 2 aromatic carbocycles. The number of unbranched alkanes of at least 4 members (excludes halogenated alkanes) is 1. The number of benzene rings is 2. The number of aromatic hydroxyl groups is 2. The van der Waals surface area contributed by atoms with Crippen LogP contribution >= 0.6 is 12.6 Å². The van der Waals surface area contributed by atoms with E-state index < -0.39 is 47.9 Å². The lowest BCUT2D eigenvalue weighted by atomic mass is 10.0. The summed E-state index contributed by atoms with van der Waals surface area (Å²) in [5.74, 6) is -3.42. The minimum Gasteiger partial charge on any atom is -0.508 e. The molecule has 10 N–H and O–H groups in total. The van der Waals surface area contributed by atoms with E-state index in [1.807, 2.05) is 0 Å². The van der Waals surface area contributed by atoms with Crippen molar-refractivity contribution in [3.63, 3.8) is 0 Å². The van der Waals surface area contributed by atoms with Crippen molar-refractivity contribution >= 4 is 36.3 Å². The first kappa shape index (κ1) is 32.4. The molecule has 40 heavy (non-hydrogen) atoms. The highest BCUT2D eigenvalue weighted by atomic mass is 32.1. The maximum Gasteiger partial charge on any atom is 0.326 e. The van der Waals surface area contributed by atoms with Crippen LogP contribution in [0.5, 0.6) is 11.5 Å². The van der Waals surface area contributed by atoms with Crippen LogP contribution in [0.2, 0.25) is 0 Å². The predicted octanol–water partition coefficient (Wildman–Crippen LogP) is -0.192. The van der Waals surface area contributed by atoms with Gasteiger partial charge in [0.2, 0.25) is 17.7 Å². The highest BCUT2D eigenvalue weighted by Gasteiger charge is 2.30. The van der Waals surface area contributed by atoms with Gasteiger partial charge < -0.3 is 42.7 Å². The molecule has 13 heteroatoms. The van der Waals surface area contributed by atoms with E-state index in [0.29, 0.717) is 36.9 Å². The number of thiol groups is 1. The molecule has 2 rings (SSSR count). The van der Waals surface area contributed by atoms with Gasteiger partial charge in [0.25, 0.3) is 0 Å². The van der Waals surface area contributed by atoms with Gasteiger partial charge in [0, 0.05) is 18.6 Å². The standard InChI is InChI=1S/C27H37N5O7S/c28-12-2-1-3-20(29)24(35)30-21(13-16-4-8-18(33)9-5-16)25(36)32-23(15-40)26(37)31-22(27(38)39)14-17-6-10-19(34)11-7-17/h4-11,20-23,33-34,40H,1-3,12-15,28-29H2,(H,30,35)(H,31,37)(H,32,36)(H,38,39). The Morgan fingerprint density at radius 2 is 1.18 bits per heavy atom. The quantitative estimate of drug-likeness (QED) is 0.0955. The van der Waals surface area contributed by atoms with Crippen molar-refractivity contribution in [1.29, 1.82) is 0 Å². The first-order valence-corrected chi connectivity index (χ1v) is 13.4. The van der Waals surface area contributed by atoms with Crippen molar-refractivity contribution in [2.75, 3.05) is 12.3 Å². The molecule has 0 bridgehead atoms. The topological polar surface area (TPSA) is 217 Å². The van der Waals surface area contributed by atoms with Gasteiger partial charge in [0.05, 0.1) is 6.04 Å². The number of phenolic OH excluding ortho intramolecular Hbond substituents is 2. The van der Waals surface area contributed by atoms with Crippen LogP contribution < -0.4 is 27.4 Å². The number of rotatable bonds is 16. The van der Waals surface area contributed by atoms with Crippen LogP contribution in [0.3, 0.4) is 0 Å². The van der Waals surface area contributed by atoms with Crippen molar-refractivity contribution in [1.82, 2.24) is 16.0 Å². The van der Waals surface area contributed by atoms with Gasteiger partial charge in [-0.1, -0.05) is 30.7 Å². The molecule has 0 aromatic heterocycles. The van der Waals surface area contributed by atoms with Crippen LogP contribution in [-0.4, -0.2) is 75.5 Å². The Kier molecular flexibility index (Phi) is 13.2. The van der Waals surface area contributed by atoms with Crippen LogP contribution in [0.15, 0.2) is 48.5 Å². The highest BCUT2D eigenvalue weighted by Crippen LogP contribution is 2.13. The third kappa shape index (κ3) is 10.8. The molecule has 0 fully saturated rings. The molecule has 12 nitrogen and oxygen atoms in total. The summed E-state index contributed by atoms with van der Waals surface area (Å²) in [5, 5.41) is 36.2. The number of carboxylic acid groups (broad SMARTS) is 1. The first-order valence-electron chi connectivity index (χ1n) is 12.8. The van der Waals surface area contributed by atoms with Crippen LogP contribution in [0, 0.1) is 0 Å². The van der Waals surface area contributed by atoms with E-state index in [-0.39, 0.29) is 30.1 Å². The van der Waals surface area contributed by atoms with Gasteiger partial charge >= 0.3 is 5.97 Å². The number of phenols is 2. The molecular weight excluding hydrogens is 538 g/mol. The minimum atomic E-state index is -1.31. The van der Waals surface area contributed by atoms with Crippen LogP contribution in [0.4, 0.5) is 0 Å². The number of carbonyl (C=O) groups is 4. The lowest BCUT2D eigenvalue weighted by Gasteiger charge is -2.24. The number of nitrogens with two attached hydrogens (primary N) is 2.